The Hall–Kier alpha value is -2.16. The first kappa shape index (κ1) is 20.2. The summed E-state index contributed by atoms with van der Waals surface area (Å²) < 4.78 is 11.5. The van der Waals surface area contributed by atoms with Crippen molar-refractivity contribution in [1.29, 1.82) is 0 Å². The summed E-state index contributed by atoms with van der Waals surface area (Å²) in [5, 5.41) is 3.45. The molecule has 0 fully saturated rings. The van der Waals surface area contributed by atoms with Gasteiger partial charge in [-0.05, 0) is 42.7 Å². The van der Waals surface area contributed by atoms with E-state index < -0.39 is 0 Å². The van der Waals surface area contributed by atoms with Crippen molar-refractivity contribution in [3.8, 4) is 11.5 Å². The lowest BCUT2D eigenvalue weighted by Gasteiger charge is -2.10. The lowest BCUT2D eigenvalue weighted by Crippen LogP contribution is -2.01. The van der Waals surface area contributed by atoms with E-state index in [1.807, 2.05) is 18.2 Å². The third-order valence-corrected chi connectivity index (χ3v) is 4.24. The summed E-state index contributed by atoms with van der Waals surface area (Å²) in [4.78, 5) is 0. The molecule has 0 bridgehead atoms. The molecule has 26 heavy (non-hydrogen) atoms. The minimum Gasteiger partial charge on any atom is -0.494 e. The first-order chi connectivity index (χ1) is 12.8. The second-order valence-electron chi connectivity index (χ2n) is 6.64. The fraction of sp³-hybridized carbons (Fsp3) is 0.478. The summed E-state index contributed by atoms with van der Waals surface area (Å²) in [6.45, 7) is 6.70. The van der Waals surface area contributed by atoms with E-state index in [2.05, 4.69) is 49.5 Å². The highest BCUT2D eigenvalue weighted by atomic mass is 16.5. The molecule has 0 atom stereocenters. The Kier molecular flexibility index (Phi) is 9.48. The number of ether oxygens (including phenoxy) is 2. The zero-order chi connectivity index (χ0) is 18.5. The number of nitrogens with one attached hydrogen (secondary N) is 1. The van der Waals surface area contributed by atoms with Crippen LogP contribution in [-0.2, 0) is 6.54 Å². The standard InChI is InChI=1S/C23H33NO2/c1-3-5-6-7-8-17-26-22-14-12-20(13-15-22)19-24-21-10-9-11-23(18-21)25-16-4-2/h9-15,18,24H,3-8,16-17,19H2,1-2H3. The van der Waals surface area contributed by atoms with E-state index in [0.717, 1.165) is 49.8 Å². The van der Waals surface area contributed by atoms with Gasteiger partial charge < -0.3 is 14.8 Å². The largest absolute Gasteiger partial charge is 0.494 e. The highest BCUT2D eigenvalue weighted by Gasteiger charge is 1.99. The maximum Gasteiger partial charge on any atom is 0.121 e. The molecule has 2 rings (SSSR count). The SMILES string of the molecule is CCCCCCCOc1ccc(CNc2cccc(OCCC)c2)cc1. The first-order valence-electron chi connectivity index (χ1n) is 10.00. The third-order valence-electron chi connectivity index (χ3n) is 4.24. The van der Waals surface area contributed by atoms with E-state index >= 15 is 0 Å². The molecule has 0 saturated heterocycles. The molecule has 3 nitrogen and oxygen atoms in total. The molecule has 2 aromatic rings. The average Bonchev–Trinajstić information content (AvgIpc) is 2.68. The molecule has 0 radical (unpaired) electrons. The predicted octanol–water partition coefficient (Wildman–Crippen LogP) is 6.44. The number of unbranched alkanes of at least 4 members (excludes halogenated alkanes) is 4. The Bertz CT molecular complexity index is 610. The molecule has 0 heterocycles. The van der Waals surface area contributed by atoms with E-state index in [1.165, 1.54) is 31.2 Å². The van der Waals surface area contributed by atoms with Gasteiger partial charge in [0.1, 0.15) is 11.5 Å². The Balaban J connectivity index is 1.71. The molecule has 0 aromatic heterocycles. The molecule has 0 saturated carbocycles. The van der Waals surface area contributed by atoms with E-state index in [0.29, 0.717) is 0 Å². The molecule has 1 N–H and O–H groups in total. The summed E-state index contributed by atoms with van der Waals surface area (Å²) in [6.07, 6.45) is 7.35. The molecule has 0 amide bonds. The normalized spacial score (nSPS) is 10.5. The minimum atomic E-state index is 0.753. The van der Waals surface area contributed by atoms with Gasteiger partial charge in [-0.2, -0.15) is 0 Å². The van der Waals surface area contributed by atoms with Crippen LogP contribution in [0, 0.1) is 0 Å². The van der Waals surface area contributed by atoms with Gasteiger partial charge in [0.2, 0.25) is 0 Å². The van der Waals surface area contributed by atoms with Crippen molar-refractivity contribution in [3.63, 3.8) is 0 Å². The molecule has 0 unspecified atom stereocenters. The van der Waals surface area contributed by atoms with Gasteiger partial charge in [-0.15, -0.1) is 0 Å². The molecule has 142 valence electrons. The van der Waals surface area contributed by atoms with Gasteiger partial charge in [-0.1, -0.05) is 57.7 Å². The lowest BCUT2D eigenvalue weighted by atomic mass is 10.2. The highest BCUT2D eigenvalue weighted by Crippen LogP contribution is 2.19. The zero-order valence-electron chi connectivity index (χ0n) is 16.3. The van der Waals surface area contributed by atoms with Crippen LogP contribution in [0.25, 0.3) is 0 Å². The van der Waals surface area contributed by atoms with Crippen LogP contribution >= 0.6 is 0 Å². The van der Waals surface area contributed by atoms with E-state index in [1.54, 1.807) is 0 Å². The summed E-state index contributed by atoms with van der Waals surface area (Å²) in [6, 6.07) is 16.5. The monoisotopic (exact) mass is 355 g/mol. The number of hydrogen-bond acceptors (Lipinski definition) is 3. The van der Waals surface area contributed by atoms with E-state index in [-0.39, 0.29) is 0 Å². The van der Waals surface area contributed by atoms with E-state index in [4.69, 9.17) is 9.47 Å². The van der Waals surface area contributed by atoms with Crippen LogP contribution in [0.1, 0.15) is 57.9 Å². The first-order valence-corrected chi connectivity index (χ1v) is 10.00. The number of anilines is 1. The van der Waals surface area contributed by atoms with Gasteiger partial charge in [0, 0.05) is 18.3 Å². The van der Waals surface area contributed by atoms with Crippen molar-refractivity contribution in [3.05, 3.63) is 54.1 Å². The van der Waals surface area contributed by atoms with Crippen molar-refractivity contribution >= 4 is 5.69 Å². The van der Waals surface area contributed by atoms with Gasteiger partial charge in [0.05, 0.1) is 13.2 Å². The smallest absolute Gasteiger partial charge is 0.121 e. The van der Waals surface area contributed by atoms with Gasteiger partial charge in [0.15, 0.2) is 0 Å². The Morgan fingerprint density at radius 3 is 2.27 bits per heavy atom. The summed E-state index contributed by atoms with van der Waals surface area (Å²) >= 11 is 0. The predicted molar refractivity (Wildman–Crippen MR) is 110 cm³/mol. The van der Waals surface area contributed by atoms with E-state index in [9.17, 15) is 0 Å². The fourth-order valence-corrected chi connectivity index (χ4v) is 2.72. The van der Waals surface area contributed by atoms with Crippen molar-refractivity contribution in [2.75, 3.05) is 18.5 Å². The van der Waals surface area contributed by atoms with Crippen LogP contribution < -0.4 is 14.8 Å². The van der Waals surface area contributed by atoms with Gasteiger partial charge >= 0.3 is 0 Å². The maximum absolute atomic E-state index is 5.82. The fourth-order valence-electron chi connectivity index (χ4n) is 2.72. The average molecular weight is 356 g/mol. The minimum absolute atomic E-state index is 0.753. The Labute approximate surface area is 158 Å². The Morgan fingerprint density at radius 1 is 0.731 bits per heavy atom. The second-order valence-corrected chi connectivity index (χ2v) is 6.64. The quantitative estimate of drug-likeness (QED) is 0.420. The molecule has 2 aromatic carbocycles. The molecule has 3 heteroatoms. The second kappa shape index (κ2) is 12.2. The highest BCUT2D eigenvalue weighted by molar-refractivity contribution is 5.48. The molecule has 0 spiro atoms. The molecule has 0 aliphatic carbocycles. The van der Waals surface area contributed by atoms with Crippen molar-refractivity contribution < 1.29 is 9.47 Å². The summed E-state index contributed by atoms with van der Waals surface area (Å²) in [7, 11) is 0. The maximum atomic E-state index is 5.82. The third kappa shape index (κ3) is 7.81. The van der Waals surface area contributed by atoms with Crippen LogP contribution in [0.2, 0.25) is 0 Å². The Morgan fingerprint density at radius 2 is 1.50 bits per heavy atom. The number of hydrogen-bond donors (Lipinski definition) is 1. The van der Waals surface area contributed by atoms with Crippen LogP contribution in [0.15, 0.2) is 48.5 Å². The molecular weight excluding hydrogens is 322 g/mol. The van der Waals surface area contributed by atoms with Crippen molar-refractivity contribution in [1.82, 2.24) is 0 Å². The summed E-state index contributed by atoms with van der Waals surface area (Å²) in [5.41, 5.74) is 2.31. The number of rotatable bonds is 13. The van der Waals surface area contributed by atoms with Crippen LogP contribution in [0.5, 0.6) is 11.5 Å². The molecular formula is C23H33NO2. The van der Waals surface area contributed by atoms with Crippen molar-refractivity contribution in [2.24, 2.45) is 0 Å². The lowest BCUT2D eigenvalue weighted by molar-refractivity contribution is 0.304. The molecule has 0 aliphatic heterocycles. The topological polar surface area (TPSA) is 30.5 Å². The van der Waals surface area contributed by atoms with Crippen molar-refractivity contribution in [2.45, 2.75) is 58.9 Å². The van der Waals surface area contributed by atoms with Crippen LogP contribution in [0.3, 0.4) is 0 Å². The van der Waals surface area contributed by atoms with Gasteiger partial charge in [0.25, 0.3) is 0 Å². The zero-order valence-corrected chi connectivity index (χ0v) is 16.3. The van der Waals surface area contributed by atoms with Crippen LogP contribution in [0.4, 0.5) is 5.69 Å². The summed E-state index contributed by atoms with van der Waals surface area (Å²) in [5.74, 6) is 1.87. The number of benzene rings is 2. The van der Waals surface area contributed by atoms with Crippen LogP contribution in [-0.4, -0.2) is 13.2 Å². The molecule has 0 aliphatic rings. The van der Waals surface area contributed by atoms with Gasteiger partial charge in [-0.3, -0.25) is 0 Å². The van der Waals surface area contributed by atoms with Gasteiger partial charge in [-0.25, -0.2) is 0 Å².